The topological polar surface area (TPSA) is 61.8 Å². The van der Waals surface area contributed by atoms with Gasteiger partial charge in [0.15, 0.2) is 0 Å². The summed E-state index contributed by atoms with van der Waals surface area (Å²) in [6.07, 6.45) is 4.94. The summed E-state index contributed by atoms with van der Waals surface area (Å²) in [5.41, 5.74) is 1.07. The largest absolute Gasteiger partial charge is 0.331 e. The van der Waals surface area contributed by atoms with Crippen molar-refractivity contribution in [3.8, 4) is 5.69 Å². The third-order valence-corrected chi connectivity index (χ3v) is 3.24. The Hall–Kier alpha value is -2.89. The highest BCUT2D eigenvalue weighted by Gasteiger charge is 2.06. The molecule has 0 radical (unpaired) electrons. The molecule has 2 heterocycles. The van der Waals surface area contributed by atoms with E-state index in [4.69, 9.17) is 0 Å². The number of hydrogen-bond donors (Lipinski definition) is 0. The summed E-state index contributed by atoms with van der Waals surface area (Å²) in [6, 6.07) is 11.0. The van der Waals surface area contributed by atoms with Crippen molar-refractivity contribution >= 4 is 0 Å². The van der Waals surface area contributed by atoms with Crippen molar-refractivity contribution in [2.24, 2.45) is 7.05 Å². The van der Waals surface area contributed by atoms with Gasteiger partial charge in [0.2, 0.25) is 0 Å². The monoisotopic (exact) mass is 282 g/mol. The number of hydrogen-bond acceptors (Lipinski definition) is 3. The maximum absolute atomic E-state index is 12.0. The zero-order valence-corrected chi connectivity index (χ0v) is 11.5. The number of aryl methyl sites for hydroxylation is 1. The van der Waals surface area contributed by atoms with Crippen LogP contribution in [0.2, 0.25) is 0 Å². The van der Waals surface area contributed by atoms with E-state index in [0.29, 0.717) is 0 Å². The van der Waals surface area contributed by atoms with Crippen molar-refractivity contribution in [3.63, 3.8) is 0 Å². The Balaban J connectivity index is 1.94. The molecule has 0 aliphatic heterocycles. The van der Waals surface area contributed by atoms with Gasteiger partial charge in [-0.25, -0.2) is 9.48 Å². The molecule has 0 spiro atoms. The van der Waals surface area contributed by atoms with E-state index in [2.05, 4.69) is 5.10 Å². The maximum atomic E-state index is 12.0. The van der Waals surface area contributed by atoms with E-state index in [-0.39, 0.29) is 17.8 Å². The number of aromatic nitrogens is 4. The van der Waals surface area contributed by atoms with Crippen molar-refractivity contribution in [2.75, 3.05) is 0 Å². The predicted octanol–water partition coefficient (Wildman–Crippen LogP) is 0.781. The minimum Gasteiger partial charge on any atom is -0.303 e. The number of nitrogens with zero attached hydrogens (tertiary/aromatic N) is 4. The Labute approximate surface area is 120 Å². The van der Waals surface area contributed by atoms with Crippen LogP contribution < -0.4 is 11.2 Å². The Morgan fingerprint density at radius 2 is 1.86 bits per heavy atom. The molecule has 0 unspecified atom stereocenters. The summed E-state index contributed by atoms with van der Waals surface area (Å²) in [5, 5.41) is 4.26. The van der Waals surface area contributed by atoms with Gasteiger partial charge in [0, 0.05) is 31.1 Å². The van der Waals surface area contributed by atoms with Crippen molar-refractivity contribution in [1.82, 2.24) is 18.9 Å². The van der Waals surface area contributed by atoms with Gasteiger partial charge in [-0.1, -0.05) is 18.2 Å². The summed E-state index contributed by atoms with van der Waals surface area (Å²) in [5.74, 6) is 0. The zero-order valence-electron chi connectivity index (χ0n) is 11.5. The van der Waals surface area contributed by atoms with Crippen molar-refractivity contribution < 1.29 is 0 Å². The van der Waals surface area contributed by atoms with Crippen LogP contribution in [0.5, 0.6) is 0 Å². The number of para-hydroxylation sites is 1. The van der Waals surface area contributed by atoms with Crippen LogP contribution >= 0.6 is 0 Å². The highest BCUT2D eigenvalue weighted by atomic mass is 16.2. The minimum atomic E-state index is -0.338. The average Bonchev–Trinajstić information content (AvgIpc) is 2.97. The molecule has 0 atom stereocenters. The van der Waals surface area contributed by atoms with Gasteiger partial charge >= 0.3 is 5.69 Å². The van der Waals surface area contributed by atoms with Crippen LogP contribution in [0.25, 0.3) is 5.69 Å². The molecule has 0 bridgehead atoms. The van der Waals surface area contributed by atoms with E-state index in [1.807, 2.05) is 36.5 Å². The van der Waals surface area contributed by atoms with Crippen LogP contribution in [0, 0.1) is 0 Å². The van der Waals surface area contributed by atoms with E-state index in [1.54, 1.807) is 17.9 Å². The van der Waals surface area contributed by atoms with Gasteiger partial charge < -0.3 is 4.57 Å². The fourth-order valence-electron chi connectivity index (χ4n) is 2.11. The fourth-order valence-corrected chi connectivity index (χ4v) is 2.11. The maximum Gasteiger partial charge on any atom is 0.331 e. The first-order valence-corrected chi connectivity index (χ1v) is 6.50. The SMILES string of the molecule is Cn1ccc(=O)n(Cc2cnn(-c3ccccc3)c2)c1=O. The average molecular weight is 282 g/mol. The molecule has 0 N–H and O–H groups in total. The van der Waals surface area contributed by atoms with E-state index >= 15 is 0 Å². The molecular weight excluding hydrogens is 268 g/mol. The second-order valence-corrected chi connectivity index (χ2v) is 4.76. The first kappa shape index (κ1) is 13.1. The van der Waals surface area contributed by atoms with Crippen molar-refractivity contribution in [3.05, 3.63) is 81.4 Å². The van der Waals surface area contributed by atoms with Crippen LogP contribution in [0.4, 0.5) is 0 Å². The van der Waals surface area contributed by atoms with Crippen LogP contribution in [-0.2, 0) is 13.6 Å². The van der Waals surface area contributed by atoms with Crippen LogP contribution in [-0.4, -0.2) is 18.9 Å². The normalized spacial score (nSPS) is 10.7. The zero-order chi connectivity index (χ0) is 14.8. The lowest BCUT2D eigenvalue weighted by Crippen LogP contribution is -2.38. The summed E-state index contributed by atoms with van der Waals surface area (Å²) < 4.78 is 4.28. The molecule has 0 saturated heterocycles. The molecule has 3 rings (SSSR count). The fraction of sp³-hybridized carbons (Fsp3) is 0.133. The summed E-state index contributed by atoms with van der Waals surface area (Å²) >= 11 is 0. The van der Waals surface area contributed by atoms with Crippen molar-refractivity contribution in [2.45, 2.75) is 6.54 Å². The van der Waals surface area contributed by atoms with E-state index in [1.165, 1.54) is 21.4 Å². The second-order valence-electron chi connectivity index (χ2n) is 4.76. The smallest absolute Gasteiger partial charge is 0.303 e. The quantitative estimate of drug-likeness (QED) is 0.713. The lowest BCUT2D eigenvalue weighted by molar-refractivity contribution is 0.639. The molecular formula is C15H14N4O2. The number of benzene rings is 1. The Bertz CT molecular complexity index is 874. The third kappa shape index (κ3) is 2.55. The third-order valence-electron chi connectivity index (χ3n) is 3.24. The van der Waals surface area contributed by atoms with Gasteiger partial charge in [-0.15, -0.1) is 0 Å². The first-order valence-electron chi connectivity index (χ1n) is 6.50. The van der Waals surface area contributed by atoms with Gasteiger partial charge in [0.25, 0.3) is 5.56 Å². The van der Waals surface area contributed by atoms with Gasteiger partial charge in [0.05, 0.1) is 18.4 Å². The van der Waals surface area contributed by atoms with Crippen LogP contribution in [0.3, 0.4) is 0 Å². The highest BCUT2D eigenvalue weighted by Crippen LogP contribution is 2.07. The van der Waals surface area contributed by atoms with Gasteiger partial charge in [-0.05, 0) is 12.1 Å². The molecule has 6 nitrogen and oxygen atoms in total. The molecule has 0 saturated carbocycles. The van der Waals surface area contributed by atoms with Crippen LogP contribution in [0.1, 0.15) is 5.56 Å². The summed E-state index contributed by atoms with van der Waals surface area (Å²) in [4.78, 5) is 23.8. The molecule has 21 heavy (non-hydrogen) atoms. The van der Waals surface area contributed by atoms with Gasteiger partial charge in [-0.3, -0.25) is 9.36 Å². The van der Waals surface area contributed by atoms with Crippen molar-refractivity contribution in [1.29, 1.82) is 0 Å². The molecule has 0 aliphatic carbocycles. The van der Waals surface area contributed by atoms with E-state index < -0.39 is 0 Å². The second kappa shape index (κ2) is 5.24. The molecule has 106 valence electrons. The molecule has 0 aliphatic rings. The first-order chi connectivity index (χ1) is 10.1. The molecule has 3 aromatic rings. The molecule has 0 amide bonds. The standard InChI is InChI=1S/C15H14N4O2/c1-17-8-7-14(20)18(15(17)21)10-12-9-16-19(11-12)13-5-3-2-4-6-13/h2-9,11H,10H2,1H3. The van der Waals surface area contributed by atoms with Crippen LogP contribution in [0.15, 0.2) is 64.6 Å². The number of rotatable bonds is 3. The lowest BCUT2D eigenvalue weighted by Gasteiger charge is -2.04. The molecule has 1 aromatic carbocycles. The highest BCUT2D eigenvalue weighted by molar-refractivity contribution is 5.30. The molecule has 0 fully saturated rings. The minimum absolute atomic E-state index is 0.208. The van der Waals surface area contributed by atoms with E-state index in [0.717, 1.165) is 11.3 Å². The van der Waals surface area contributed by atoms with Gasteiger partial charge in [-0.2, -0.15) is 5.10 Å². The Morgan fingerprint density at radius 1 is 1.10 bits per heavy atom. The molecule has 6 heteroatoms. The predicted molar refractivity (Wildman–Crippen MR) is 78.6 cm³/mol. The summed E-state index contributed by atoms with van der Waals surface area (Å²) in [6.45, 7) is 0.208. The Kier molecular flexibility index (Phi) is 3.27. The Morgan fingerprint density at radius 3 is 2.62 bits per heavy atom. The summed E-state index contributed by atoms with van der Waals surface area (Å²) in [7, 11) is 1.62. The van der Waals surface area contributed by atoms with Gasteiger partial charge in [0.1, 0.15) is 0 Å². The van der Waals surface area contributed by atoms with E-state index in [9.17, 15) is 9.59 Å². The molecule has 2 aromatic heterocycles. The lowest BCUT2D eigenvalue weighted by atomic mass is 10.3.